The number of hydrogen-bond donors (Lipinski definition) is 1. The minimum atomic E-state index is -0.528. The van der Waals surface area contributed by atoms with E-state index >= 15 is 0 Å². The second-order valence-corrected chi connectivity index (χ2v) is 5.43. The first-order valence-corrected chi connectivity index (χ1v) is 7.09. The van der Waals surface area contributed by atoms with Crippen LogP contribution in [0.15, 0.2) is 41.1 Å². The summed E-state index contributed by atoms with van der Waals surface area (Å²) >= 11 is 3.09. The number of pyridine rings is 1. The molecule has 0 bridgehead atoms. The van der Waals surface area contributed by atoms with E-state index in [0.717, 1.165) is 5.56 Å². The number of nitrogens with one attached hydrogen (secondary N) is 1. The summed E-state index contributed by atoms with van der Waals surface area (Å²) in [6.07, 6.45) is 4.39. The zero-order chi connectivity index (χ0) is 14.5. The van der Waals surface area contributed by atoms with Gasteiger partial charge in [0.25, 0.3) is 0 Å². The van der Waals surface area contributed by atoms with Crippen LogP contribution in [0, 0.1) is 11.6 Å². The van der Waals surface area contributed by atoms with E-state index in [9.17, 15) is 8.78 Å². The van der Waals surface area contributed by atoms with Crippen LogP contribution in [-0.2, 0) is 12.8 Å². The van der Waals surface area contributed by atoms with Gasteiger partial charge in [-0.25, -0.2) is 8.78 Å². The third-order valence-electron chi connectivity index (χ3n) is 3.23. The molecule has 0 amide bonds. The van der Waals surface area contributed by atoms with E-state index in [1.165, 1.54) is 12.1 Å². The van der Waals surface area contributed by atoms with E-state index in [-0.39, 0.29) is 22.5 Å². The van der Waals surface area contributed by atoms with E-state index in [4.69, 9.17) is 0 Å². The lowest BCUT2D eigenvalue weighted by molar-refractivity contribution is 0.499. The van der Waals surface area contributed by atoms with Crippen molar-refractivity contribution in [2.45, 2.75) is 18.9 Å². The van der Waals surface area contributed by atoms with Crippen LogP contribution in [0.3, 0.4) is 0 Å². The maximum absolute atomic E-state index is 14.0. The molecule has 0 saturated heterocycles. The summed E-state index contributed by atoms with van der Waals surface area (Å²) in [5, 5.41) is 3.10. The molecule has 2 rings (SSSR count). The Morgan fingerprint density at radius 1 is 1.15 bits per heavy atom. The number of benzene rings is 1. The SMILES string of the molecule is CNC(Cc1ccncc1)Cc1c(F)ccc(Br)c1F. The molecule has 0 radical (unpaired) electrons. The van der Waals surface area contributed by atoms with Crippen molar-refractivity contribution in [3.05, 3.63) is 63.9 Å². The molecule has 2 nitrogen and oxygen atoms in total. The van der Waals surface area contributed by atoms with Crippen molar-refractivity contribution in [3.8, 4) is 0 Å². The highest BCUT2D eigenvalue weighted by Gasteiger charge is 2.17. The molecule has 106 valence electrons. The zero-order valence-electron chi connectivity index (χ0n) is 11.0. The van der Waals surface area contributed by atoms with E-state index in [1.54, 1.807) is 19.4 Å². The van der Waals surface area contributed by atoms with Crippen molar-refractivity contribution in [2.75, 3.05) is 7.05 Å². The summed E-state index contributed by atoms with van der Waals surface area (Å²) in [4.78, 5) is 3.96. The number of rotatable bonds is 5. The van der Waals surface area contributed by atoms with Crippen LogP contribution in [0.4, 0.5) is 8.78 Å². The average Bonchev–Trinajstić information content (AvgIpc) is 2.47. The lowest BCUT2D eigenvalue weighted by Crippen LogP contribution is -2.30. The molecule has 1 atom stereocenters. The normalized spacial score (nSPS) is 12.4. The number of hydrogen-bond acceptors (Lipinski definition) is 2. The van der Waals surface area contributed by atoms with E-state index < -0.39 is 11.6 Å². The summed E-state index contributed by atoms with van der Waals surface area (Å²) in [5.41, 5.74) is 1.18. The first-order valence-electron chi connectivity index (χ1n) is 6.30. The maximum Gasteiger partial charge on any atom is 0.143 e. The minimum Gasteiger partial charge on any atom is -0.316 e. The molecule has 0 fully saturated rings. The van der Waals surface area contributed by atoms with Crippen molar-refractivity contribution >= 4 is 15.9 Å². The lowest BCUT2D eigenvalue weighted by atomic mass is 9.99. The Morgan fingerprint density at radius 2 is 1.85 bits per heavy atom. The molecule has 0 aliphatic carbocycles. The summed E-state index contributed by atoms with van der Waals surface area (Å²) < 4.78 is 28.0. The van der Waals surface area contributed by atoms with Crippen LogP contribution in [0.2, 0.25) is 0 Å². The number of aromatic nitrogens is 1. The molecule has 1 unspecified atom stereocenters. The highest BCUT2D eigenvalue weighted by Crippen LogP contribution is 2.23. The Balaban J connectivity index is 2.17. The Bertz CT molecular complexity index is 576. The zero-order valence-corrected chi connectivity index (χ0v) is 12.6. The molecular formula is C15H15BrF2N2. The van der Waals surface area contributed by atoms with Gasteiger partial charge in [0, 0.05) is 24.0 Å². The Morgan fingerprint density at radius 3 is 2.50 bits per heavy atom. The number of likely N-dealkylation sites (N-methyl/N-ethyl adjacent to an activating group) is 1. The monoisotopic (exact) mass is 340 g/mol. The third kappa shape index (κ3) is 3.61. The van der Waals surface area contributed by atoms with E-state index in [0.29, 0.717) is 6.42 Å². The first-order chi connectivity index (χ1) is 9.61. The van der Waals surface area contributed by atoms with Gasteiger partial charge in [-0.05, 0) is 65.6 Å². The van der Waals surface area contributed by atoms with Crippen molar-refractivity contribution in [3.63, 3.8) is 0 Å². The van der Waals surface area contributed by atoms with Gasteiger partial charge in [-0.15, -0.1) is 0 Å². The molecule has 1 aromatic carbocycles. The van der Waals surface area contributed by atoms with Crippen LogP contribution >= 0.6 is 15.9 Å². The third-order valence-corrected chi connectivity index (χ3v) is 3.84. The maximum atomic E-state index is 14.0. The van der Waals surface area contributed by atoms with Crippen LogP contribution in [0.5, 0.6) is 0 Å². The Labute approximate surface area is 125 Å². The van der Waals surface area contributed by atoms with Crippen LogP contribution in [0.25, 0.3) is 0 Å². The van der Waals surface area contributed by atoms with Gasteiger partial charge in [0.2, 0.25) is 0 Å². The quantitative estimate of drug-likeness (QED) is 0.842. The second-order valence-electron chi connectivity index (χ2n) is 4.57. The number of halogens is 3. The topological polar surface area (TPSA) is 24.9 Å². The highest BCUT2D eigenvalue weighted by molar-refractivity contribution is 9.10. The average molecular weight is 341 g/mol. The molecular weight excluding hydrogens is 326 g/mol. The van der Waals surface area contributed by atoms with Crippen molar-refractivity contribution in [2.24, 2.45) is 0 Å². The van der Waals surface area contributed by atoms with E-state index in [1.807, 2.05) is 12.1 Å². The fourth-order valence-electron chi connectivity index (χ4n) is 2.08. The predicted molar refractivity (Wildman–Crippen MR) is 78.6 cm³/mol. The Hall–Kier alpha value is -1.33. The molecule has 1 heterocycles. The molecule has 1 N–H and O–H groups in total. The van der Waals surface area contributed by atoms with Gasteiger partial charge in [0.1, 0.15) is 11.6 Å². The molecule has 0 saturated carbocycles. The van der Waals surface area contributed by atoms with Gasteiger partial charge in [-0.2, -0.15) is 0 Å². The predicted octanol–water partition coefficient (Wildman–Crippen LogP) is 3.50. The van der Waals surface area contributed by atoms with Gasteiger partial charge < -0.3 is 5.32 Å². The lowest BCUT2D eigenvalue weighted by Gasteiger charge is -2.17. The molecule has 0 aliphatic heterocycles. The first kappa shape index (κ1) is 15.1. The molecule has 1 aromatic heterocycles. The second kappa shape index (κ2) is 6.90. The highest BCUT2D eigenvalue weighted by atomic mass is 79.9. The van der Waals surface area contributed by atoms with Crippen LogP contribution in [0.1, 0.15) is 11.1 Å². The van der Waals surface area contributed by atoms with Gasteiger partial charge in [0.15, 0.2) is 0 Å². The largest absolute Gasteiger partial charge is 0.316 e. The fourth-order valence-corrected chi connectivity index (χ4v) is 2.45. The summed E-state index contributed by atoms with van der Waals surface area (Å²) in [6.45, 7) is 0. The van der Waals surface area contributed by atoms with E-state index in [2.05, 4.69) is 26.2 Å². The van der Waals surface area contributed by atoms with Gasteiger partial charge in [-0.3, -0.25) is 4.98 Å². The molecule has 2 aromatic rings. The number of nitrogens with zero attached hydrogens (tertiary/aromatic N) is 1. The standard InChI is InChI=1S/C15H15BrF2N2/c1-19-11(8-10-4-6-20-7-5-10)9-12-14(17)3-2-13(16)15(12)18/h2-7,11,19H,8-9H2,1H3. The summed E-state index contributed by atoms with van der Waals surface area (Å²) in [5.74, 6) is -1.04. The summed E-state index contributed by atoms with van der Waals surface area (Å²) in [7, 11) is 1.79. The van der Waals surface area contributed by atoms with Crippen LogP contribution < -0.4 is 5.32 Å². The molecule has 5 heteroatoms. The van der Waals surface area contributed by atoms with Crippen LogP contribution in [-0.4, -0.2) is 18.1 Å². The smallest absolute Gasteiger partial charge is 0.143 e. The van der Waals surface area contributed by atoms with Crippen molar-refractivity contribution < 1.29 is 8.78 Å². The molecule has 20 heavy (non-hydrogen) atoms. The summed E-state index contributed by atoms with van der Waals surface area (Å²) in [6, 6.07) is 6.42. The Kier molecular flexibility index (Phi) is 5.20. The molecule has 0 aliphatic rings. The fraction of sp³-hybridized carbons (Fsp3) is 0.267. The van der Waals surface area contributed by atoms with Crippen molar-refractivity contribution in [1.29, 1.82) is 0 Å². The van der Waals surface area contributed by atoms with Gasteiger partial charge >= 0.3 is 0 Å². The van der Waals surface area contributed by atoms with Gasteiger partial charge in [-0.1, -0.05) is 0 Å². The van der Waals surface area contributed by atoms with Crippen molar-refractivity contribution in [1.82, 2.24) is 10.3 Å². The van der Waals surface area contributed by atoms with Gasteiger partial charge in [0.05, 0.1) is 4.47 Å². The minimum absolute atomic E-state index is 0.0456. The molecule has 0 spiro atoms.